The zero-order chi connectivity index (χ0) is 18.4. The Labute approximate surface area is 175 Å². The first kappa shape index (κ1) is 20.9. The van der Waals surface area contributed by atoms with Gasteiger partial charge in [-0.25, -0.2) is 9.07 Å². The molecule has 2 aromatic carbocycles. The number of aryl methyl sites for hydroxylation is 1. The summed E-state index contributed by atoms with van der Waals surface area (Å²) in [7, 11) is 1.71. The van der Waals surface area contributed by atoms with Gasteiger partial charge in [-0.2, -0.15) is 5.10 Å². The third-order valence-electron chi connectivity index (χ3n) is 4.09. The summed E-state index contributed by atoms with van der Waals surface area (Å²) in [6.07, 6.45) is 3.66. The van der Waals surface area contributed by atoms with Crippen LogP contribution in [-0.4, -0.2) is 22.8 Å². The molecule has 0 aliphatic carbocycles. The van der Waals surface area contributed by atoms with Crippen LogP contribution < -0.4 is 10.6 Å². The lowest BCUT2D eigenvalue weighted by Crippen LogP contribution is -2.36. The second kappa shape index (κ2) is 10.1. The minimum absolute atomic E-state index is 0. The highest BCUT2D eigenvalue weighted by molar-refractivity contribution is 14.0. The molecular formula is C20H23FIN5. The van der Waals surface area contributed by atoms with Crippen LogP contribution in [0.3, 0.4) is 0 Å². The fraction of sp³-hybridized carbons (Fsp3) is 0.200. The van der Waals surface area contributed by atoms with Gasteiger partial charge >= 0.3 is 0 Å². The molecule has 0 fully saturated rings. The maximum absolute atomic E-state index is 13.6. The highest BCUT2D eigenvalue weighted by atomic mass is 127. The number of rotatable bonds is 5. The predicted octanol–water partition coefficient (Wildman–Crippen LogP) is 3.80. The van der Waals surface area contributed by atoms with Crippen LogP contribution in [0.15, 0.2) is 65.9 Å². The van der Waals surface area contributed by atoms with E-state index in [0.717, 1.165) is 16.8 Å². The number of nitrogens with one attached hydrogen (secondary N) is 2. The zero-order valence-corrected chi connectivity index (χ0v) is 17.6. The smallest absolute Gasteiger partial charge is 0.191 e. The monoisotopic (exact) mass is 479 g/mol. The van der Waals surface area contributed by atoms with Gasteiger partial charge in [0.25, 0.3) is 0 Å². The van der Waals surface area contributed by atoms with E-state index in [9.17, 15) is 4.39 Å². The van der Waals surface area contributed by atoms with Gasteiger partial charge in [-0.05, 0) is 47.9 Å². The van der Waals surface area contributed by atoms with Crippen LogP contribution in [0.4, 0.5) is 4.39 Å². The average Bonchev–Trinajstić information content (AvgIpc) is 3.20. The van der Waals surface area contributed by atoms with Gasteiger partial charge in [0, 0.05) is 32.5 Å². The van der Waals surface area contributed by atoms with Crippen LogP contribution >= 0.6 is 24.0 Å². The Hall–Kier alpha value is -2.42. The van der Waals surface area contributed by atoms with Gasteiger partial charge in [-0.3, -0.25) is 4.99 Å². The van der Waals surface area contributed by atoms with Gasteiger partial charge in [-0.1, -0.05) is 24.3 Å². The number of benzene rings is 2. The first-order valence-electron chi connectivity index (χ1n) is 8.44. The molecule has 0 radical (unpaired) electrons. The summed E-state index contributed by atoms with van der Waals surface area (Å²) >= 11 is 0. The molecule has 0 atom stereocenters. The number of halogens is 2. The van der Waals surface area contributed by atoms with E-state index in [2.05, 4.69) is 20.7 Å². The molecule has 0 spiro atoms. The zero-order valence-electron chi connectivity index (χ0n) is 15.3. The molecule has 3 aromatic rings. The third kappa shape index (κ3) is 5.78. The van der Waals surface area contributed by atoms with E-state index in [1.807, 2.05) is 47.3 Å². The maximum atomic E-state index is 13.6. The Morgan fingerprint density at radius 3 is 2.33 bits per heavy atom. The van der Waals surface area contributed by atoms with Crippen molar-refractivity contribution < 1.29 is 4.39 Å². The first-order chi connectivity index (χ1) is 12.7. The molecule has 0 aliphatic rings. The fourth-order valence-electron chi connectivity index (χ4n) is 2.53. The van der Waals surface area contributed by atoms with Crippen molar-refractivity contribution in [1.29, 1.82) is 0 Å². The molecule has 0 unspecified atom stereocenters. The SMILES string of the molecule is CN=C(NCc1ccc(-n2cccn2)cc1)NCc1ccc(C)c(F)c1.I. The van der Waals surface area contributed by atoms with Crippen molar-refractivity contribution in [3.05, 3.63) is 83.4 Å². The molecule has 0 saturated heterocycles. The van der Waals surface area contributed by atoms with Crippen LogP contribution in [0, 0.1) is 12.7 Å². The van der Waals surface area contributed by atoms with Crippen LogP contribution in [0.2, 0.25) is 0 Å². The van der Waals surface area contributed by atoms with E-state index in [1.54, 1.807) is 32.3 Å². The lowest BCUT2D eigenvalue weighted by molar-refractivity contribution is 0.615. The molecule has 0 amide bonds. The van der Waals surface area contributed by atoms with E-state index in [1.165, 1.54) is 0 Å². The average molecular weight is 479 g/mol. The Balaban J connectivity index is 0.00000261. The van der Waals surface area contributed by atoms with Crippen molar-refractivity contribution in [2.45, 2.75) is 20.0 Å². The van der Waals surface area contributed by atoms with Crippen molar-refractivity contribution in [2.24, 2.45) is 4.99 Å². The lowest BCUT2D eigenvalue weighted by atomic mass is 10.1. The fourth-order valence-corrected chi connectivity index (χ4v) is 2.53. The van der Waals surface area contributed by atoms with Crippen molar-refractivity contribution in [1.82, 2.24) is 20.4 Å². The van der Waals surface area contributed by atoms with E-state index in [-0.39, 0.29) is 29.8 Å². The minimum atomic E-state index is -0.190. The summed E-state index contributed by atoms with van der Waals surface area (Å²) in [6.45, 7) is 2.90. The van der Waals surface area contributed by atoms with Gasteiger partial charge in [0.2, 0.25) is 0 Å². The van der Waals surface area contributed by atoms with Crippen LogP contribution in [-0.2, 0) is 13.1 Å². The molecule has 142 valence electrons. The first-order valence-corrected chi connectivity index (χ1v) is 8.44. The van der Waals surface area contributed by atoms with E-state index in [0.29, 0.717) is 24.6 Å². The largest absolute Gasteiger partial charge is 0.352 e. The van der Waals surface area contributed by atoms with Gasteiger partial charge in [0.05, 0.1) is 5.69 Å². The summed E-state index contributed by atoms with van der Waals surface area (Å²) in [5, 5.41) is 10.7. The predicted molar refractivity (Wildman–Crippen MR) is 117 cm³/mol. The van der Waals surface area contributed by atoms with Crippen molar-refractivity contribution in [2.75, 3.05) is 7.05 Å². The normalized spacial score (nSPS) is 11.0. The number of hydrogen-bond acceptors (Lipinski definition) is 2. The van der Waals surface area contributed by atoms with Crippen molar-refractivity contribution >= 4 is 29.9 Å². The lowest BCUT2D eigenvalue weighted by Gasteiger charge is -2.13. The topological polar surface area (TPSA) is 54.2 Å². The maximum Gasteiger partial charge on any atom is 0.191 e. The number of nitrogens with zero attached hydrogens (tertiary/aromatic N) is 3. The van der Waals surface area contributed by atoms with Crippen LogP contribution in [0.25, 0.3) is 5.69 Å². The van der Waals surface area contributed by atoms with E-state index >= 15 is 0 Å². The Bertz CT molecular complexity index is 876. The highest BCUT2D eigenvalue weighted by Crippen LogP contribution is 2.10. The van der Waals surface area contributed by atoms with E-state index in [4.69, 9.17) is 0 Å². The van der Waals surface area contributed by atoms with Gasteiger partial charge in [0.15, 0.2) is 5.96 Å². The summed E-state index contributed by atoms with van der Waals surface area (Å²) in [6, 6.07) is 15.3. The molecular weight excluding hydrogens is 456 g/mol. The van der Waals surface area contributed by atoms with Crippen molar-refractivity contribution in [3.63, 3.8) is 0 Å². The number of guanidine groups is 1. The second-order valence-corrected chi connectivity index (χ2v) is 5.98. The molecule has 0 aliphatic heterocycles. The van der Waals surface area contributed by atoms with E-state index < -0.39 is 0 Å². The Morgan fingerprint density at radius 2 is 1.74 bits per heavy atom. The Morgan fingerprint density at radius 1 is 1.07 bits per heavy atom. The van der Waals surface area contributed by atoms with Gasteiger partial charge in [-0.15, -0.1) is 24.0 Å². The molecule has 1 aromatic heterocycles. The summed E-state index contributed by atoms with van der Waals surface area (Å²) in [4.78, 5) is 4.20. The number of aromatic nitrogens is 2. The number of hydrogen-bond donors (Lipinski definition) is 2. The molecule has 0 saturated carbocycles. The second-order valence-electron chi connectivity index (χ2n) is 5.98. The van der Waals surface area contributed by atoms with Gasteiger partial charge < -0.3 is 10.6 Å². The molecule has 5 nitrogen and oxygen atoms in total. The third-order valence-corrected chi connectivity index (χ3v) is 4.09. The summed E-state index contributed by atoms with van der Waals surface area (Å²) < 4.78 is 15.4. The van der Waals surface area contributed by atoms with Crippen LogP contribution in [0.1, 0.15) is 16.7 Å². The standard InChI is InChI=1S/C20H22FN5.HI/c1-15-4-5-17(12-19(15)21)14-24-20(22-2)23-13-16-6-8-18(9-7-16)26-11-3-10-25-26;/h3-12H,13-14H2,1-2H3,(H2,22,23,24);1H. The van der Waals surface area contributed by atoms with Gasteiger partial charge in [0.1, 0.15) is 5.82 Å². The summed E-state index contributed by atoms with van der Waals surface area (Å²) in [5.41, 5.74) is 3.67. The summed E-state index contributed by atoms with van der Waals surface area (Å²) in [5.74, 6) is 0.478. The molecule has 7 heteroatoms. The molecule has 2 N–H and O–H groups in total. The van der Waals surface area contributed by atoms with Crippen LogP contribution in [0.5, 0.6) is 0 Å². The molecule has 1 heterocycles. The minimum Gasteiger partial charge on any atom is -0.352 e. The number of aliphatic imine (C=N–C) groups is 1. The molecule has 3 rings (SSSR count). The highest BCUT2D eigenvalue weighted by Gasteiger charge is 2.03. The molecule has 0 bridgehead atoms. The quantitative estimate of drug-likeness (QED) is 0.333. The molecule has 27 heavy (non-hydrogen) atoms. The van der Waals surface area contributed by atoms with Crippen molar-refractivity contribution in [3.8, 4) is 5.69 Å². The Kier molecular flexibility index (Phi) is 7.78.